The van der Waals surface area contributed by atoms with Crippen molar-refractivity contribution in [1.29, 1.82) is 0 Å². The van der Waals surface area contributed by atoms with Gasteiger partial charge in [-0.1, -0.05) is 116 Å². The summed E-state index contributed by atoms with van der Waals surface area (Å²) in [6.07, 6.45) is 14.2. The number of hydrogen-bond acceptors (Lipinski definition) is 2. The Morgan fingerprint density at radius 3 is 1.94 bits per heavy atom. The molecule has 0 saturated heterocycles. The first kappa shape index (κ1) is 24.5. The van der Waals surface area contributed by atoms with Crippen LogP contribution in [0.1, 0.15) is 109 Å². The average Bonchev–Trinajstić information content (AvgIpc) is 3.05. The fourth-order valence-corrected chi connectivity index (χ4v) is 5.80. The van der Waals surface area contributed by atoms with E-state index in [0.29, 0.717) is 0 Å². The Bertz CT molecular complexity index is 912. The zero-order valence-electron chi connectivity index (χ0n) is 20.6. The molecule has 0 fully saturated rings. The fourth-order valence-electron chi connectivity index (χ4n) is 5.80. The van der Waals surface area contributed by atoms with Crippen molar-refractivity contribution in [1.82, 2.24) is 0 Å². The van der Waals surface area contributed by atoms with E-state index in [-0.39, 0.29) is 21.4 Å². The topological polar surface area (TPSA) is 43.1 Å². The summed E-state index contributed by atoms with van der Waals surface area (Å²) in [6.45, 7) is 9.17. The number of hydrogen-bond donors (Lipinski definition) is 0. The van der Waals surface area contributed by atoms with Crippen molar-refractivity contribution in [2.24, 2.45) is 5.41 Å². The van der Waals surface area contributed by atoms with Crippen molar-refractivity contribution >= 4 is 5.69 Å². The summed E-state index contributed by atoms with van der Waals surface area (Å²) < 4.78 is 0. The third-order valence-electron chi connectivity index (χ3n) is 7.54. The van der Waals surface area contributed by atoms with Gasteiger partial charge in [-0.05, 0) is 40.2 Å². The highest BCUT2D eigenvalue weighted by atomic mass is 16.6. The van der Waals surface area contributed by atoms with Gasteiger partial charge in [0.1, 0.15) is 0 Å². The zero-order valence-corrected chi connectivity index (χ0v) is 20.6. The van der Waals surface area contributed by atoms with Crippen LogP contribution >= 0.6 is 0 Å². The molecular weight excluding hydrogens is 394 g/mol. The van der Waals surface area contributed by atoms with Gasteiger partial charge >= 0.3 is 0 Å². The predicted molar refractivity (Wildman–Crippen MR) is 135 cm³/mol. The first-order chi connectivity index (χ1) is 15.3. The summed E-state index contributed by atoms with van der Waals surface area (Å²) in [7, 11) is 0. The van der Waals surface area contributed by atoms with Crippen LogP contribution < -0.4 is 0 Å². The normalized spacial score (nSPS) is 17.2. The third kappa shape index (κ3) is 4.92. The van der Waals surface area contributed by atoms with Crippen LogP contribution in [0.2, 0.25) is 0 Å². The maximum atomic E-state index is 11.6. The second-order valence-corrected chi connectivity index (χ2v) is 10.6. The molecule has 1 unspecified atom stereocenters. The van der Waals surface area contributed by atoms with Crippen LogP contribution in [0, 0.1) is 15.5 Å². The smallest absolute Gasteiger partial charge is 0.258 e. The fraction of sp³-hybridized carbons (Fsp3) is 0.586. The van der Waals surface area contributed by atoms with E-state index in [1.165, 1.54) is 74.5 Å². The number of fused-ring (bicyclic) bond motifs is 3. The molecule has 32 heavy (non-hydrogen) atoms. The second-order valence-electron chi connectivity index (χ2n) is 10.6. The lowest BCUT2D eigenvalue weighted by molar-refractivity contribution is -0.384. The average molecular weight is 436 g/mol. The van der Waals surface area contributed by atoms with E-state index in [0.717, 1.165) is 18.4 Å². The molecule has 3 nitrogen and oxygen atoms in total. The highest BCUT2D eigenvalue weighted by Gasteiger charge is 2.50. The molecule has 0 aromatic heterocycles. The number of benzene rings is 2. The first-order valence-electron chi connectivity index (χ1n) is 12.7. The van der Waals surface area contributed by atoms with Crippen molar-refractivity contribution in [3.8, 4) is 11.1 Å². The van der Waals surface area contributed by atoms with Crippen molar-refractivity contribution in [3.05, 3.63) is 63.7 Å². The molecule has 2 aromatic carbocycles. The Labute approximate surface area is 194 Å². The molecule has 0 amide bonds. The van der Waals surface area contributed by atoms with Crippen LogP contribution in [0.3, 0.4) is 0 Å². The Morgan fingerprint density at radius 1 is 0.781 bits per heavy atom. The summed E-state index contributed by atoms with van der Waals surface area (Å²) in [5.74, 6) is 0. The highest BCUT2D eigenvalue weighted by Crippen LogP contribution is 2.59. The number of nitro benzene ring substituents is 1. The van der Waals surface area contributed by atoms with Crippen molar-refractivity contribution in [2.45, 2.75) is 104 Å². The van der Waals surface area contributed by atoms with Gasteiger partial charge in [-0.2, -0.15) is 0 Å². The Hall–Kier alpha value is -2.16. The lowest BCUT2D eigenvalue weighted by Crippen LogP contribution is -2.39. The van der Waals surface area contributed by atoms with Gasteiger partial charge < -0.3 is 0 Å². The monoisotopic (exact) mass is 435 g/mol. The van der Waals surface area contributed by atoms with Crippen molar-refractivity contribution < 1.29 is 4.92 Å². The van der Waals surface area contributed by atoms with E-state index < -0.39 is 0 Å². The standard InChI is InChI=1S/C29H41NO2/c1-5-6-7-8-9-10-11-12-13-16-21-29(28(2,3)4)26-18-15-14-17-24(26)25-20-19-23(30(31)32)22-27(25)29/h14-15,17-20,22H,5-13,16,21H2,1-4H3. The Morgan fingerprint density at radius 2 is 1.34 bits per heavy atom. The summed E-state index contributed by atoms with van der Waals surface area (Å²) >= 11 is 0. The molecule has 0 N–H and O–H groups in total. The number of non-ortho nitro benzene ring substituents is 1. The van der Waals surface area contributed by atoms with Gasteiger partial charge in [0.25, 0.3) is 5.69 Å². The van der Waals surface area contributed by atoms with Gasteiger partial charge in [-0.15, -0.1) is 0 Å². The molecule has 2 aromatic rings. The van der Waals surface area contributed by atoms with Crippen LogP contribution in [0.25, 0.3) is 11.1 Å². The molecule has 1 aliphatic carbocycles. The second kappa shape index (κ2) is 10.6. The molecule has 0 bridgehead atoms. The maximum absolute atomic E-state index is 11.6. The van der Waals surface area contributed by atoms with E-state index >= 15 is 0 Å². The molecule has 0 saturated carbocycles. The van der Waals surface area contributed by atoms with E-state index in [4.69, 9.17) is 0 Å². The van der Waals surface area contributed by atoms with E-state index in [9.17, 15) is 10.1 Å². The minimum Gasteiger partial charge on any atom is -0.258 e. The van der Waals surface area contributed by atoms with Crippen LogP contribution in [0.4, 0.5) is 5.69 Å². The number of rotatable bonds is 12. The quantitative estimate of drug-likeness (QED) is 0.189. The first-order valence-corrected chi connectivity index (χ1v) is 12.7. The van der Waals surface area contributed by atoms with Gasteiger partial charge in [0.2, 0.25) is 0 Å². The zero-order chi connectivity index (χ0) is 23.2. The SMILES string of the molecule is CCCCCCCCCCCCC1(C(C)(C)C)c2ccccc2-c2ccc([N+](=O)[O-])cc21. The molecule has 0 radical (unpaired) electrons. The summed E-state index contributed by atoms with van der Waals surface area (Å²) in [6, 6.07) is 14.1. The van der Waals surface area contributed by atoms with Crippen LogP contribution in [-0.4, -0.2) is 4.92 Å². The highest BCUT2D eigenvalue weighted by molar-refractivity contribution is 5.82. The Kier molecular flexibility index (Phi) is 8.14. The minimum absolute atomic E-state index is 0.0388. The third-order valence-corrected chi connectivity index (χ3v) is 7.54. The summed E-state index contributed by atoms with van der Waals surface area (Å²) in [5.41, 5.74) is 4.89. The number of nitro groups is 1. The van der Waals surface area contributed by atoms with E-state index in [1.807, 2.05) is 12.1 Å². The molecule has 174 valence electrons. The van der Waals surface area contributed by atoms with Crippen LogP contribution in [0.15, 0.2) is 42.5 Å². The van der Waals surface area contributed by atoms with Gasteiger partial charge in [0.05, 0.1) is 4.92 Å². The molecule has 3 heteroatoms. The maximum Gasteiger partial charge on any atom is 0.269 e. The lowest BCUT2D eigenvalue weighted by Gasteiger charge is -2.44. The van der Waals surface area contributed by atoms with Gasteiger partial charge in [-0.3, -0.25) is 10.1 Å². The van der Waals surface area contributed by atoms with E-state index in [2.05, 4.69) is 52.0 Å². The number of unbranched alkanes of at least 4 members (excludes halogenated alkanes) is 9. The lowest BCUT2D eigenvalue weighted by atomic mass is 9.59. The number of nitrogens with zero attached hydrogens (tertiary/aromatic N) is 1. The predicted octanol–water partition coefficient (Wildman–Crippen LogP) is 9.22. The molecular formula is C29H41NO2. The van der Waals surface area contributed by atoms with Gasteiger partial charge in [-0.25, -0.2) is 0 Å². The molecule has 0 spiro atoms. The Balaban J connectivity index is 1.76. The van der Waals surface area contributed by atoms with Crippen molar-refractivity contribution in [3.63, 3.8) is 0 Å². The van der Waals surface area contributed by atoms with Gasteiger partial charge in [0, 0.05) is 17.5 Å². The molecule has 1 aliphatic rings. The summed E-state index contributed by atoms with van der Waals surface area (Å²) in [5, 5.41) is 11.6. The molecule has 1 atom stereocenters. The van der Waals surface area contributed by atoms with E-state index in [1.54, 1.807) is 6.07 Å². The largest absolute Gasteiger partial charge is 0.269 e. The van der Waals surface area contributed by atoms with Gasteiger partial charge in [0.15, 0.2) is 0 Å². The van der Waals surface area contributed by atoms with Crippen molar-refractivity contribution in [2.75, 3.05) is 0 Å². The van der Waals surface area contributed by atoms with Crippen LogP contribution in [0.5, 0.6) is 0 Å². The molecule has 0 aliphatic heterocycles. The minimum atomic E-state index is -0.253. The molecule has 3 rings (SSSR count). The summed E-state index contributed by atoms with van der Waals surface area (Å²) in [4.78, 5) is 11.3. The molecule has 0 heterocycles. The van der Waals surface area contributed by atoms with Crippen LogP contribution in [-0.2, 0) is 5.41 Å².